The predicted molar refractivity (Wildman–Crippen MR) is 96.8 cm³/mol. The maximum atomic E-state index is 12.2. The van der Waals surface area contributed by atoms with E-state index < -0.39 is 23.7 Å². The Labute approximate surface area is 152 Å². The number of methoxy groups -OCH3 is 2. The first-order chi connectivity index (χ1) is 12.5. The van der Waals surface area contributed by atoms with Gasteiger partial charge in [-0.1, -0.05) is 36.4 Å². The first-order valence-electron chi connectivity index (χ1n) is 8.35. The van der Waals surface area contributed by atoms with E-state index in [9.17, 15) is 9.59 Å². The van der Waals surface area contributed by atoms with Crippen molar-refractivity contribution in [3.63, 3.8) is 0 Å². The highest BCUT2D eigenvalue weighted by Crippen LogP contribution is 2.60. The largest absolute Gasteiger partial charge is 0.496 e. The average molecular weight is 354 g/mol. The molecular weight excluding hydrogens is 332 g/mol. The number of carbonyl (C=O) groups excluding carboxylic acids is 2. The number of ether oxygens (including phenoxy) is 2. The fourth-order valence-corrected chi connectivity index (χ4v) is 4.11. The third-order valence-electron chi connectivity index (χ3n) is 5.20. The Bertz CT molecular complexity index is 767. The lowest BCUT2D eigenvalue weighted by atomic mass is 9.51. The van der Waals surface area contributed by atoms with E-state index >= 15 is 0 Å². The van der Waals surface area contributed by atoms with Crippen LogP contribution in [0.2, 0.25) is 0 Å². The monoisotopic (exact) mass is 354 g/mol. The molecule has 6 heteroatoms. The highest BCUT2D eigenvalue weighted by atomic mass is 16.5. The molecule has 26 heavy (non-hydrogen) atoms. The zero-order chi connectivity index (χ0) is 18.8. The van der Waals surface area contributed by atoms with Crippen molar-refractivity contribution in [1.29, 1.82) is 0 Å². The average Bonchev–Trinajstić information content (AvgIpc) is 2.61. The highest BCUT2D eigenvalue weighted by molar-refractivity contribution is 5.91. The molecule has 4 atom stereocenters. The number of primary amides is 2. The fourth-order valence-electron chi connectivity index (χ4n) is 4.11. The van der Waals surface area contributed by atoms with E-state index in [1.807, 2.05) is 48.5 Å². The molecule has 6 nitrogen and oxygen atoms in total. The van der Waals surface area contributed by atoms with Crippen molar-refractivity contribution in [2.45, 2.75) is 11.8 Å². The number of amides is 2. The summed E-state index contributed by atoms with van der Waals surface area (Å²) in [5.41, 5.74) is 12.9. The summed E-state index contributed by atoms with van der Waals surface area (Å²) in [7, 11) is 3.14. The topological polar surface area (TPSA) is 105 Å². The molecule has 2 amide bonds. The lowest BCUT2D eigenvalue weighted by molar-refractivity contribution is -0.140. The molecular formula is C20H22N2O4. The third kappa shape index (κ3) is 2.77. The molecule has 1 saturated carbocycles. The normalized spacial score (nSPS) is 24.4. The summed E-state index contributed by atoms with van der Waals surface area (Å²) in [5, 5.41) is 0. The van der Waals surface area contributed by atoms with E-state index in [1.165, 1.54) is 0 Å². The number of nitrogens with two attached hydrogens (primary N) is 2. The van der Waals surface area contributed by atoms with Gasteiger partial charge in [0, 0.05) is 11.8 Å². The molecule has 1 unspecified atom stereocenters. The van der Waals surface area contributed by atoms with E-state index in [0.717, 1.165) is 11.1 Å². The van der Waals surface area contributed by atoms with Crippen LogP contribution in [0.15, 0.2) is 48.5 Å². The van der Waals surface area contributed by atoms with Gasteiger partial charge < -0.3 is 20.9 Å². The van der Waals surface area contributed by atoms with Crippen molar-refractivity contribution < 1.29 is 19.1 Å². The summed E-state index contributed by atoms with van der Waals surface area (Å²) in [4.78, 5) is 24.3. The molecule has 0 saturated heterocycles. The second-order valence-electron chi connectivity index (χ2n) is 6.39. The molecule has 0 radical (unpaired) electrons. The van der Waals surface area contributed by atoms with Crippen LogP contribution in [0.3, 0.4) is 0 Å². The lowest BCUT2D eigenvalue weighted by Crippen LogP contribution is -2.55. The number of para-hydroxylation sites is 2. The smallest absolute Gasteiger partial charge is 0.222 e. The van der Waals surface area contributed by atoms with E-state index in [4.69, 9.17) is 20.9 Å². The van der Waals surface area contributed by atoms with Crippen molar-refractivity contribution in [2.75, 3.05) is 14.2 Å². The summed E-state index contributed by atoms with van der Waals surface area (Å²) < 4.78 is 10.9. The maximum Gasteiger partial charge on any atom is 0.222 e. The van der Waals surface area contributed by atoms with Crippen molar-refractivity contribution in [3.05, 3.63) is 59.7 Å². The van der Waals surface area contributed by atoms with Crippen molar-refractivity contribution in [2.24, 2.45) is 23.3 Å². The van der Waals surface area contributed by atoms with E-state index in [1.54, 1.807) is 14.2 Å². The Morgan fingerprint density at radius 2 is 1.08 bits per heavy atom. The second kappa shape index (κ2) is 7.07. The molecule has 4 N–H and O–H groups in total. The molecule has 0 heterocycles. The number of hydrogen-bond donors (Lipinski definition) is 2. The molecule has 0 aromatic heterocycles. The van der Waals surface area contributed by atoms with Gasteiger partial charge in [-0.2, -0.15) is 0 Å². The second-order valence-corrected chi connectivity index (χ2v) is 6.39. The van der Waals surface area contributed by atoms with Gasteiger partial charge in [0.15, 0.2) is 0 Å². The standard InChI is InChI=1S/C20H22N2O4/c1-25-13-9-5-3-7-11(13)15-16(12-8-4-6-10-14(12)26-2)18(20(22)24)17(15)19(21)23/h3-10,15-18H,1-2H3,(H2,21,23)(H2,22,24)/t15-,16?,17-,18-/m0/s1. The van der Waals surface area contributed by atoms with Crippen LogP contribution >= 0.6 is 0 Å². The Balaban J connectivity index is 2.17. The van der Waals surface area contributed by atoms with Crippen LogP contribution in [-0.2, 0) is 9.59 Å². The molecule has 1 fully saturated rings. The predicted octanol–water partition coefficient (Wildman–Crippen LogP) is 1.79. The summed E-state index contributed by atoms with van der Waals surface area (Å²) in [6.45, 7) is 0. The number of benzene rings is 2. The molecule has 2 aromatic rings. The Morgan fingerprint density at radius 3 is 1.38 bits per heavy atom. The van der Waals surface area contributed by atoms with Crippen molar-refractivity contribution in [3.8, 4) is 11.5 Å². The van der Waals surface area contributed by atoms with Crippen LogP contribution in [0.1, 0.15) is 23.0 Å². The van der Waals surface area contributed by atoms with Gasteiger partial charge in [0.05, 0.1) is 26.1 Å². The Morgan fingerprint density at radius 1 is 0.731 bits per heavy atom. The number of carbonyl (C=O) groups is 2. The van der Waals surface area contributed by atoms with E-state index in [0.29, 0.717) is 11.5 Å². The van der Waals surface area contributed by atoms with Crippen LogP contribution in [0.5, 0.6) is 11.5 Å². The van der Waals surface area contributed by atoms with Gasteiger partial charge in [-0.05, 0) is 23.3 Å². The van der Waals surface area contributed by atoms with Gasteiger partial charge in [0.25, 0.3) is 0 Å². The van der Waals surface area contributed by atoms with Crippen LogP contribution in [-0.4, -0.2) is 26.0 Å². The molecule has 1 aliphatic rings. The van der Waals surface area contributed by atoms with Gasteiger partial charge in [0.1, 0.15) is 11.5 Å². The minimum Gasteiger partial charge on any atom is -0.496 e. The van der Waals surface area contributed by atoms with Gasteiger partial charge in [0.2, 0.25) is 11.8 Å². The molecule has 136 valence electrons. The molecule has 1 aliphatic carbocycles. The SMILES string of the molecule is COc1ccccc1C1[C@H](C(N)=O)[C@@H](C(N)=O)[C@H]1c1ccccc1OC. The Hall–Kier alpha value is -3.02. The molecule has 0 spiro atoms. The number of hydrogen-bond acceptors (Lipinski definition) is 4. The quantitative estimate of drug-likeness (QED) is 0.825. The zero-order valence-electron chi connectivity index (χ0n) is 14.7. The summed E-state index contributed by atoms with van der Waals surface area (Å²) in [6, 6.07) is 14.9. The summed E-state index contributed by atoms with van der Waals surface area (Å²) in [6.07, 6.45) is 0. The van der Waals surface area contributed by atoms with Gasteiger partial charge >= 0.3 is 0 Å². The van der Waals surface area contributed by atoms with Crippen LogP contribution in [0, 0.1) is 11.8 Å². The van der Waals surface area contributed by atoms with Gasteiger partial charge in [-0.15, -0.1) is 0 Å². The lowest BCUT2D eigenvalue weighted by Gasteiger charge is -2.50. The first-order valence-corrected chi connectivity index (χ1v) is 8.35. The van der Waals surface area contributed by atoms with Crippen molar-refractivity contribution in [1.82, 2.24) is 0 Å². The zero-order valence-corrected chi connectivity index (χ0v) is 14.7. The number of rotatable bonds is 6. The summed E-state index contributed by atoms with van der Waals surface area (Å²) >= 11 is 0. The molecule has 0 bridgehead atoms. The minimum absolute atomic E-state index is 0.322. The minimum atomic E-state index is -0.696. The van der Waals surface area contributed by atoms with Gasteiger partial charge in [-0.3, -0.25) is 9.59 Å². The van der Waals surface area contributed by atoms with Crippen LogP contribution < -0.4 is 20.9 Å². The molecule has 0 aliphatic heterocycles. The first kappa shape index (κ1) is 17.8. The van der Waals surface area contributed by atoms with Gasteiger partial charge in [-0.25, -0.2) is 0 Å². The van der Waals surface area contributed by atoms with Crippen molar-refractivity contribution >= 4 is 11.8 Å². The van der Waals surface area contributed by atoms with E-state index in [-0.39, 0.29) is 11.8 Å². The Kier molecular flexibility index (Phi) is 4.84. The maximum absolute atomic E-state index is 12.2. The fraction of sp³-hybridized carbons (Fsp3) is 0.300. The molecule has 3 rings (SSSR count). The molecule has 2 aromatic carbocycles. The highest BCUT2D eigenvalue weighted by Gasteiger charge is 2.58. The summed E-state index contributed by atoms with van der Waals surface area (Å²) in [5.74, 6) is -1.84. The van der Waals surface area contributed by atoms with Crippen LogP contribution in [0.25, 0.3) is 0 Å². The van der Waals surface area contributed by atoms with Crippen LogP contribution in [0.4, 0.5) is 0 Å². The third-order valence-corrected chi connectivity index (χ3v) is 5.20. The van der Waals surface area contributed by atoms with E-state index in [2.05, 4.69) is 0 Å².